The molecule has 4 rings (SSSR count). The normalized spacial score (nSPS) is 20.9. The molecule has 2 aromatic carbocycles. The summed E-state index contributed by atoms with van der Waals surface area (Å²) in [6.45, 7) is 3.78. The summed E-state index contributed by atoms with van der Waals surface area (Å²) >= 11 is 1.57. The highest BCUT2D eigenvalue weighted by Crippen LogP contribution is 2.41. The summed E-state index contributed by atoms with van der Waals surface area (Å²) in [4.78, 5) is 27.2. The van der Waals surface area contributed by atoms with Gasteiger partial charge >= 0.3 is 5.97 Å². The van der Waals surface area contributed by atoms with Crippen LogP contribution in [0.15, 0.2) is 84.6 Å². The van der Waals surface area contributed by atoms with Gasteiger partial charge in [0, 0.05) is 5.75 Å². The van der Waals surface area contributed by atoms with Crippen LogP contribution in [0.5, 0.6) is 0 Å². The Balaban J connectivity index is 1.69. The van der Waals surface area contributed by atoms with Gasteiger partial charge in [-0.2, -0.15) is 0 Å². The first-order chi connectivity index (χ1) is 14.1. The van der Waals surface area contributed by atoms with Gasteiger partial charge in [0.05, 0.1) is 0 Å². The Hall–Kier alpha value is -2.83. The fraction of sp³-hybridized carbons (Fsp3) is 0.217. The number of fused-ring (bicyclic) bond motifs is 1. The van der Waals surface area contributed by atoms with Crippen molar-refractivity contribution in [3.05, 3.63) is 95.7 Å². The van der Waals surface area contributed by atoms with Crippen LogP contribution in [0.1, 0.15) is 23.7 Å². The van der Waals surface area contributed by atoms with E-state index < -0.39 is 18.1 Å². The fourth-order valence-electron chi connectivity index (χ4n) is 3.65. The Morgan fingerprint density at radius 2 is 1.76 bits per heavy atom. The molecule has 0 bridgehead atoms. The lowest BCUT2D eigenvalue weighted by Gasteiger charge is -2.48. The molecule has 0 radical (unpaired) electrons. The van der Waals surface area contributed by atoms with Crippen molar-refractivity contribution in [2.45, 2.75) is 23.9 Å². The van der Waals surface area contributed by atoms with Crippen molar-refractivity contribution in [2.24, 2.45) is 5.73 Å². The van der Waals surface area contributed by atoms with Crippen molar-refractivity contribution < 1.29 is 14.3 Å². The highest BCUT2D eigenvalue weighted by molar-refractivity contribution is 8.00. The first-order valence-electron chi connectivity index (χ1n) is 9.46. The SMILES string of the molecule is C=CCC1=C(C(=O)OC(c2ccccc2)c2ccccc2)N2C(=O)C(N)[C@@H]2SC1. The van der Waals surface area contributed by atoms with Gasteiger partial charge in [0.2, 0.25) is 5.91 Å². The number of carbonyl (C=O) groups is 2. The number of carbonyl (C=O) groups excluding carboxylic acids is 2. The molecule has 2 heterocycles. The number of rotatable bonds is 6. The molecule has 2 N–H and O–H groups in total. The molecule has 0 aromatic heterocycles. The van der Waals surface area contributed by atoms with Crippen molar-refractivity contribution >= 4 is 23.6 Å². The minimum atomic E-state index is -0.577. The number of hydrogen-bond acceptors (Lipinski definition) is 5. The van der Waals surface area contributed by atoms with Crippen LogP contribution in [0.3, 0.4) is 0 Å². The molecule has 148 valence electrons. The zero-order valence-corrected chi connectivity index (χ0v) is 16.7. The third kappa shape index (κ3) is 3.61. The molecule has 2 aliphatic rings. The summed E-state index contributed by atoms with van der Waals surface area (Å²) < 4.78 is 6.00. The van der Waals surface area contributed by atoms with Gasteiger partial charge in [0.25, 0.3) is 0 Å². The second kappa shape index (κ2) is 8.27. The molecule has 2 atom stereocenters. The Bertz CT molecular complexity index is 919. The highest BCUT2D eigenvalue weighted by Gasteiger charge is 2.52. The maximum absolute atomic E-state index is 13.3. The predicted molar refractivity (Wildman–Crippen MR) is 114 cm³/mol. The standard InChI is InChI=1S/C23H22N2O3S/c1-2-9-17-14-29-22-18(24)21(26)25(22)19(17)23(27)28-20(15-10-5-3-6-11-15)16-12-7-4-8-13-16/h2-8,10-13,18,20,22H,1,9,14,24H2/t18?,22-/m0/s1. The first kappa shape index (κ1) is 19.5. The van der Waals surface area contributed by atoms with Gasteiger partial charge in [0.15, 0.2) is 6.10 Å². The predicted octanol–water partition coefficient (Wildman–Crippen LogP) is 3.39. The zero-order chi connectivity index (χ0) is 20.4. The summed E-state index contributed by atoms with van der Waals surface area (Å²) in [5.41, 5.74) is 8.82. The molecular weight excluding hydrogens is 384 g/mol. The van der Waals surface area contributed by atoms with Gasteiger partial charge in [-0.15, -0.1) is 18.3 Å². The second-order valence-electron chi connectivity index (χ2n) is 6.99. The third-order valence-electron chi connectivity index (χ3n) is 5.10. The largest absolute Gasteiger partial charge is 0.448 e. The number of benzene rings is 2. The van der Waals surface area contributed by atoms with E-state index in [9.17, 15) is 9.59 Å². The molecule has 0 saturated carbocycles. The summed E-state index contributed by atoms with van der Waals surface area (Å²) in [5.74, 6) is -0.128. The lowest BCUT2D eigenvalue weighted by atomic mass is 10.0. The second-order valence-corrected chi connectivity index (χ2v) is 8.09. The Kier molecular flexibility index (Phi) is 5.56. The number of β-lactam (4-membered cyclic amide) rings is 1. The van der Waals surface area contributed by atoms with Crippen molar-refractivity contribution in [2.75, 3.05) is 5.75 Å². The van der Waals surface area contributed by atoms with Gasteiger partial charge in [-0.1, -0.05) is 66.7 Å². The summed E-state index contributed by atoms with van der Waals surface area (Å²) in [6.07, 6.45) is 1.69. The smallest absolute Gasteiger partial charge is 0.356 e. The van der Waals surface area contributed by atoms with E-state index >= 15 is 0 Å². The van der Waals surface area contributed by atoms with E-state index in [1.807, 2.05) is 60.7 Å². The molecule has 5 nitrogen and oxygen atoms in total. The summed E-state index contributed by atoms with van der Waals surface area (Å²) in [5, 5.41) is -0.217. The topological polar surface area (TPSA) is 72.6 Å². The molecule has 2 aromatic rings. The van der Waals surface area contributed by atoms with E-state index in [0.717, 1.165) is 16.7 Å². The molecule has 2 aliphatic heterocycles. The van der Waals surface area contributed by atoms with Crippen molar-refractivity contribution in [1.82, 2.24) is 4.90 Å². The molecule has 1 fully saturated rings. The van der Waals surface area contributed by atoms with Crippen LogP contribution in [-0.2, 0) is 14.3 Å². The Morgan fingerprint density at radius 3 is 2.31 bits per heavy atom. The lowest BCUT2D eigenvalue weighted by Crippen LogP contribution is -2.68. The minimum absolute atomic E-state index is 0.217. The molecule has 6 heteroatoms. The maximum atomic E-state index is 13.3. The number of nitrogens with zero attached hydrogens (tertiary/aromatic N) is 1. The van der Waals surface area contributed by atoms with E-state index in [1.54, 1.807) is 17.8 Å². The van der Waals surface area contributed by atoms with E-state index in [1.165, 1.54) is 4.90 Å². The molecule has 0 spiro atoms. The van der Waals surface area contributed by atoms with Crippen LogP contribution >= 0.6 is 11.8 Å². The molecule has 29 heavy (non-hydrogen) atoms. The van der Waals surface area contributed by atoms with Crippen molar-refractivity contribution in [3.63, 3.8) is 0 Å². The van der Waals surface area contributed by atoms with Gasteiger partial charge in [-0.05, 0) is 23.1 Å². The van der Waals surface area contributed by atoms with Crippen LogP contribution in [0.25, 0.3) is 0 Å². The molecule has 1 unspecified atom stereocenters. The average Bonchev–Trinajstić information content (AvgIpc) is 2.77. The quantitative estimate of drug-likeness (QED) is 0.452. The average molecular weight is 407 g/mol. The summed E-state index contributed by atoms with van der Waals surface area (Å²) in [7, 11) is 0. The maximum Gasteiger partial charge on any atom is 0.356 e. The van der Waals surface area contributed by atoms with Crippen LogP contribution in [0.2, 0.25) is 0 Å². The lowest BCUT2D eigenvalue weighted by molar-refractivity contribution is -0.153. The Morgan fingerprint density at radius 1 is 1.17 bits per heavy atom. The van der Waals surface area contributed by atoms with Gasteiger partial charge in [0.1, 0.15) is 17.1 Å². The number of nitrogens with two attached hydrogens (primary N) is 1. The molecule has 1 amide bonds. The van der Waals surface area contributed by atoms with E-state index in [4.69, 9.17) is 10.5 Å². The van der Waals surface area contributed by atoms with Crippen molar-refractivity contribution in [3.8, 4) is 0 Å². The number of amides is 1. The monoisotopic (exact) mass is 406 g/mol. The first-order valence-corrected chi connectivity index (χ1v) is 10.5. The fourth-order valence-corrected chi connectivity index (χ4v) is 4.95. The molecular formula is C23H22N2O3S. The molecule has 1 saturated heterocycles. The number of hydrogen-bond donors (Lipinski definition) is 1. The van der Waals surface area contributed by atoms with Crippen molar-refractivity contribution in [1.29, 1.82) is 0 Å². The Labute approximate surface area is 174 Å². The number of ether oxygens (including phenoxy) is 1. The van der Waals surface area contributed by atoms with Crippen LogP contribution in [0.4, 0.5) is 0 Å². The van der Waals surface area contributed by atoms with Gasteiger partial charge in [-0.25, -0.2) is 4.79 Å². The number of allylic oxidation sites excluding steroid dienone is 1. The van der Waals surface area contributed by atoms with Crippen LogP contribution in [-0.4, -0.2) is 33.9 Å². The number of esters is 1. The van der Waals surface area contributed by atoms with E-state index in [-0.39, 0.29) is 11.3 Å². The highest BCUT2D eigenvalue weighted by atomic mass is 32.2. The molecule has 0 aliphatic carbocycles. The third-order valence-corrected chi connectivity index (χ3v) is 6.46. The number of thioether (sulfide) groups is 1. The van der Waals surface area contributed by atoms with Gasteiger partial charge < -0.3 is 10.5 Å². The minimum Gasteiger partial charge on any atom is -0.448 e. The zero-order valence-electron chi connectivity index (χ0n) is 15.9. The van der Waals surface area contributed by atoms with Crippen LogP contribution < -0.4 is 5.73 Å². The van der Waals surface area contributed by atoms with Gasteiger partial charge in [-0.3, -0.25) is 9.69 Å². The van der Waals surface area contributed by atoms with E-state index in [2.05, 4.69) is 6.58 Å². The van der Waals surface area contributed by atoms with E-state index in [0.29, 0.717) is 17.9 Å². The van der Waals surface area contributed by atoms with Crippen LogP contribution in [0, 0.1) is 0 Å². The summed E-state index contributed by atoms with van der Waals surface area (Å²) in [6, 6.07) is 18.6.